The van der Waals surface area contributed by atoms with Crippen molar-refractivity contribution in [1.29, 1.82) is 0 Å². The Morgan fingerprint density at radius 1 is 1.10 bits per heavy atom. The van der Waals surface area contributed by atoms with E-state index < -0.39 is 63.7 Å². The number of aliphatic hydroxyl groups is 1. The molecule has 1 N–H and O–H groups in total. The number of rotatable bonds is 0. The molecule has 210 valence electrons. The Bertz CT molecular complexity index is 1290. The molecule has 5 heterocycles. The van der Waals surface area contributed by atoms with Gasteiger partial charge < -0.3 is 19.3 Å². The van der Waals surface area contributed by atoms with Gasteiger partial charge in [0.25, 0.3) is 0 Å². The lowest BCUT2D eigenvalue weighted by atomic mass is 9.34. The first-order chi connectivity index (χ1) is 18.4. The highest BCUT2D eigenvalue weighted by atomic mass is 16.6. The minimum absolute atomic E-state index is 0.0122. The summed E-state index contributed by atoms with van der Waals surface area (Å²) >= 11 is 0. The van der Waals surface area contributed by atoms with Gasteiger partial charge in [-0.15, -0.1) is 0 Å². The van der Waals surface area contributed by atoms with Gasteiger partial charge in [-0.3, -0.25) is 19.2 Å². The number of aliphatic hydroxyl groups excluding tert-OH is 1. The Morgan fingerprint density at radius 3 is 2.59 bits per heavy atom. The van der Waals surface area contributed by atoms with E-state index in [9.17, 15) is 19.5 Å². The molecule has 3 aliphatic carbocycles. The van der Waals surface area contributed by atoms with Crippen LogP contribution in [-0.4, -0.2) is 70.3 Å². The zero-order valence-electron chi connectivity index (χ0n) is 23.0. The molecule has 0 amide bonds. The van der Waals surface area contributed by atoms with Crippen LogP contribution < -0.4 is 0 Å². The van der Waals surface area contributed by atoms with Gasteiger partial charge in [-0.05, 0) is 56.9 Å². The van der Waals surface area contributed by atoms with Crippen molar-refractivity contribution in [3.05, 3.63) is 11.6 Å². The van der Waals surface area contributed by atoms with Gasteiger partial charge in [0, 0.05) is 28.6 Å². The van der Waals surface area contributed by atoms with E-state index in [0.29, 0.717) is 38.0 Å². The van der Waals surface area contributed by atoms with Crippen LogP contribution >= 0.6 is 0 Å². The van der Waals surface area contributed by atoms with Crippen molar-refractivity contribution in [3.63, 3.8) is 0 Å². The van der Waals surface area contributed by atoms with Gasteiger partial charge >= 0.3 is 5.97 Å². The number of hydrogen-bond donors (Lipinski definition) is 1. The Hall–Kier alpha value is -1.94. The second-order valence-electron chi connectivity index (χ2n) is 14.4. The van der Waals surface area contributed by atoms with E-state index in [2.05, 4.69) is 6.92 Å². The Balaban J connectivity index is 1.42. The third-order valence-corrected chi connectivity index (χ3v) is 12.8. The molecule has 0 radical (unpaired) electrons. The fourth-order valence-corrected chi connectivity index (χ4v) is 11.4. The van der Waals surface area contributed by atoms with E-state index in [0.717, 1.165) is 5.57 Å². The van der Waals surface area contributed by atoms with E-state index in [1.54, 1.807) is 6.08 Å². The van der Waals surface area contributed by atoms with Gasteiger partial charge in [0.15, 0.2) is 17.3 Å². The number of cyclic esters (lactones) is 1. The van der Waals surface area contributed by atoms with Crippen molar-refractivity contribution >= 4 is 23.3 Å². The third kappa shape index (κ3) is 2.36. The molecule has 8 aliphatic rings. The van der Waals surface area contributed by atoms with Crippen LogP contribution in [-0.2, 0) is 33.4 Å². The van der Waals surface area contributed by atoms with Crippen LogP contribution in [0.5, 0.6) is 0 Å². The summed E-state index contributed by atoms with van der Waals surface area (Å²) in [6, 6.07) is 0. The van der Waals surface area contributed by atoms with Crippen molar-refractivity contribution in [2.45, 2.75) is 90.0 Å². The van der Waals surface area contributed by atoms with Gasteiger partial charge in [-0.1, -0.05) is 26.3 Å². The summed E-state index contributed by atoms with van der Waals surface area (Å²) in [5, 5.41) is 11.8. The second-order valence-corrected chi connectivity index (χ2v) is 14.4. The van der Waals surface area contributed by atoms with Crippen molar-refractivity contribution in [1.82, 2.24) is 4.90 Å². The number of fused-ring (bicyclic) bond motifs is 4. The molecule has 0 aromatic heterocycles. The van der Waals surface area contributed by atoms with Crippen LogP contribution in [0.3, 0.4) is 0 Å². The van der Waals surface area contributed by atoms with Gasteiger partial charge in [-0.25, -0.2) is 4.90 Å². The highest BCUT2D eigenvalue weighted by molar-refractivity contribution is 6.08. The number of ether oxygens (including phenoxy) is 3. The van der Waals surface area contributed by atoms with Gasteiger partial charge in [0.2, 0.25) is 0 Å². The topological polar surface area (TPSA) is 119 Å². The Kier molecular flexibility index (Phi) is 4.51. The smallest absolute Gasteiger partial charge is 0.306 e. The van der Waals surface area contributed by atoms with E-state index in [4.69, 9.17) is 14.2 Å². The molecule has 0 aromatic carbocycles. The molecular weight excluding hydrogens is 502 g/mol. The monoisotopic (exact) mass is 539 g/mol. The molecule has 0 aromatic rings. The summed E-state index contributed by atoms with van der Waals surface area (Å²) < 4.78 is 19.2. The number of Topliss-reactive ketones (excluding diaryl/α,β-unsaturated/α-hetero) is 2. The van der Waals surface area contributed by atoms with E-state index in [-0.39, 0.29) is 43.0 Å². The average molecular weight is 540 g/mol. The third-order valence-electron chi connectivity index (χ3n) is 12.8. The largest absolute Gasteiger partial charge is 0.465 e. The fourth-order valence-electron chi connectivity index (χ4n) is 11.4. The molecule has 4 spiro atoms. The summed E-state index contributed by atoms with van der Waals surface area (Å²) in [6.45, 7) is 7.86. The number of carbonyl (C=O) groups excluding carboxylic acids is 4. The molecule has 5 aliphatic heterocycles. The fraction of sp³-hybridized carbons (Fsp3) is 0.800. The van der Waals surface area contributed by atoms with Crippen LogP contribution in [0.1, 0.15) is 66.2 Å². The molecule has 4 bridgehead atoms. The number of nitrogens with zero attached hydrogens (tertiary/aromatic N) is 1. The lowest BCUT2D eigenvalue weighted by Gasteiger charge is -2.70. The molecule has 9 heteroatoms. The Morgan fingerprint density at radius 2 is 1.87 bits per heavy atom. The predicted octanol–water partition coefficient (Wildman–Crippen LogP) is 2.15. The lowest BCUT2D eigenvalue weighted by molar-refractivity contribution is -0.326. The SMILES string of the molecule is CC1=CC(=O)C2C(C)C(=O)C3C4(COC5(C4=O)N4C(O)C6CC(C)CC4(CCC5(C)C34COC(=O)C4)O6)C2C1. The highest BCUT2D eigenvalue weighted by Crippen LogP contribution is 2.79. The summed E-state index contributed by atoms with van der Waals surface area (Å²) in [5.41, 5.74) is -4.82. The van der Waals surface area contributed by atoms with Gasteiger partial charge in [0.05, 0.1) is 31.2 Å². The molecule has 12 unspecified atom stereocenters. The molecule has 12 atom stereocenters. The minimum atomic E-state index is -1.59. The summed E-state index contributed by atoms with van der Waals surface area (Å²) in [5.74, 6) is -2.93. The highest BCUT2D eigenvalue weighted by Gasteiger charge is 2.90. The van der Waals surface area contributed by atoms with Crippen molar-refractivity contribution < 1.29 is 38.5 Å². The van der Waals surface area contributed by atoms with Crippen LogP contribution in [0.15, 0.2) is 11.6 Å². The maximum Gasteiger partial charge on any atom is 0.306 e. The zero-order chi connectivity index (χ0) is 27.5. The number of carbonyl (C=O) groups is 4. The van der Waals surface area contributed by atoms with Crippen LogP contribution in [0.25, 0.3) is 0 Å². The van der Waals surface area contributed by atoms with Crippen LogP contribution in [0.4, 0.5) is 0 Å². The first-order valence-corrected chi connectivity index (χ1v) is 14.6. The van der Waals surface area contributed by atoms with Crippen molar-refractivity contribution in [3.8, 4) is 0 Å². The van der Waals surface area contributed by atoms with Gasteiger partial charge in [-0.2, -0.15) is 0 Å². The maximum absolute atomic E-state index is 15.5. The van der Waals surface area contributed by atoms with Crippen molar-refractivity contribution in [2.75, 3.05) is 13.2 Å². The molecule has 7 fully saturated rings. The molecule has 5 saturated heterocycles. The number of allylic oxidation sites excluding steroid dienone is 2. The summed E-state index contributed by atoms with van der Waals surface area (Å²) in [6.07, 6.45) is 3.06. The lowest BCUT2D eigenvalue weighted by Crippen LogP contribution is -2.83. The Labute approximate surface area is 227 Å². The van der Waals surface area contributed by atoms with E-state index >= 15 is 4.79 Å². The average Bonchev–Trinajstić information content (AvgIpc) is 3.44. The molecule has 2 saturated carbocycles. The number of piperidine rings is 1. The van der Waals surface area contributed by atoms with Crippen LogP contribution in [0, 0.1) is 45.8 Å². The zero-order valence-corrected chi connectivity index (χ0v) is 23.0. The summed E-state index contributed by atoms with van der Waals surface area (Å²) in [4.78, 5) is 58.3. The maximum atomic E-state index is 15.5. The van der Waals surface area contributed by atoms with Crippen molar-refractivity contribution in [2.24, 2.45) is 45.8 Å². The minimum Gasteiger partial charge on any atom is -0.465 e. The van der Waals surface area contributed by atoms with E-state index in [1.807, 2.05) is 25.7 Å². The first-order valence-electron chi connectivity index (χ1n) is 14.6. The summed E-state index contributed by atoms with van der Waals surface area (Å²) in [7, 11) is 0. The normalized spacial score (nSPS) is 57.6. The molecule has 8 rings (SSSR count). The van der Waals surface area contributed by atoms with Gasteiger partial charge in [0.1, 0.15) is 17.7 Å². The number of hydrogen-bond acceptors (Lipinski definition) is 9. The predicted molar refractivity (Wildman–Crippen MR) is 133 cm³/mol. The number of ketones is 3. The second kappa shape index (κ2) is 7.09. The van der Waals surface area contributed by atoms with Crippen LogP contribution in [0.2, 0.25) is 0 Å². The first kappa shape index (κ1) is 24.8. The number of esters is 1. The van der Waals surface area contributed by atoms with E-state index in [1.165, 1.54) is 0 Å². The molecule has 39 heavy (non-hydrogen) atoms. The standard InChI is InChI=1S/C30H37NO8/c1-14-7-17-21(18(32)8-14)16(3)22(34)23-27(11-20(33)37-12-27)26(4)5-6-28-10-15(2)9-19(39-28)24(35)31(28)30(26)25(36)29(17,23)13-38-30/h8,15-17,19,21,23-24,35H,5-7,9-13H2,1-4H3. The quantitative estimate of drug-likeness (QED) is 0.462. The molecular formula is C30H37NO8. The molecule has 9 nitrogen and oxygen atoms in total.